The summed E-state index contributed by atoms with van der Waals surface area (Å²) in [5.41, 5.74) is 6.94. The molecule has 0 saturated carbocycles. The lowest BCUT2D eigenvalue weighted by Gasteiger charge is -2.32. The fourth-order valence-electron chi connectivity index (χ4n) is 3.52. The molecule has 10 heteroatoms. The van der Waals surface area contributed by atoms with Crippen LogP contribution in [0.2, 0.25) is 0 Å². The predicted octanol–water partition coefficient (Wildman–Crippen LogP) is 1.07. The zero-order valence-electron chi connectivity index (χ0n) is 15.9. The highest BCUT2D eigenvalue weighted by molar-refractivity contribution is 5.92. The number of amides is 2. The average Bonchev–Trinajstić information content (AvgIpc) is 3.17. The summed E-state index contributed by atoms with van der Waals surface area (Å²) in [5, 5.41) is 2.82. The van der Waals surface area contributed by atoms with E-state index in [2.05, 4.69) is 25.3 Å². The standard InChI is InChI=1S/C19H22N8O2/c20-17-16-18(23-11-22-17)27(12-24-16)9-6-15(28)26-8-3-4-13(10-26)19(29)25-14-5-1-2-7-21-14/h1-2,5,7,11-13H,3-4,6,8-10H2,(H2,20,22,23)(H,21,25,29). The van der Waals surface area contributed by atoms with Gasteiger partial charge in [-0.25, -0.2) is 19.9 Å². The molecule has 1 aliphatic heterocycles. The Morgan fingerprint density at radius 2 is 2.10 bits per heavy atom. The molecule has 1 atom stereocenters. The van der Waals surface area contributed by atoms with Crippen LogP contribution in [0.5, 0.6) is 0 Å². The van der Waals surface area contributed by atoms with Crippen molar-refractivity contribution in [2.75, 3.05) is 24.1 Å². The smallest absolute Gasteiger partial charge is 0.230 e. The van der Waals surface area contributed by atoms with Crippen molar-refractivity contribution >= 4 is 34.6 Å². The van der Waals surface area contributed by atoms with Gasteiger partial charge in [0.1, 0.15) is 17.7 Å². The first kappa shape index (κ1) is 18.8. The van der Waals surface area contributed by atoms with Gasteiger partial charge in [-0.3, -0.25) is 9.59 Å². The lowest BCUT2D eigenvalue weighted by Crippen LogP contribution is -2.44. The summed E-state index contributed by atoms with van der Waals surface area (Å²) in [6.45, 7) is 1.51. The molecule has 0 aliphatic carbocycles. The molecule has 3 N–H and O–H groups in total. The second-order valence-electron chi connectivity index (χ2n) is 7.00. The van der Waals surface area contributed by atoms with Crippen LogP contribution in [0.25, 0.3) is 11.2 Å². The predicted molar refractivity (Wildman–Crippen MR) is 107 cm³/mol. The van der Waals surface area contributed by atoms with E-state index in [1.165, 1.54) is 6.33 Å². The average molecular weight is 394 g/mol. The Labute approximate surface area is 167 Å². The third-order valence-electron chi connectivity index (χ3n) is 5.06. The Morgan fingerprint density at radius 1 is 1.21 bits per heavy atom. The van der Waals surface area contributed by atoms with Crippen molar-refractivity contribution in [2.24, 2.45) is 5.92 Å². The SMILES string of the molecule is Nc1ncnc2c1ncn2CCC(=O)N1CCCC(C(=O)Nc2ccccn2)C1. The Kier molecular flexibility index (Phi) is 5.32. The molecule has 29 heavy (non-hydrogen) atoms. The number of nitrogen functional groups attached to an aromatic ring is 1. The van der Waals surface area contributed by atoms with Gasteiger partial charge in [0.05, 0.1) is 12.2 Å². The molecule has 0 spiro atoms. The molecule has 1 fully saturated rings. The summed E-state index contributed by atoms with van der Waals surface area (Å²) < 4.78 is 1.79. The van der Waals surface area contributed by atoms with Crippen LogP contribution in [0, 0.1) is 5.92 Å². The minimum Gasteiger partial charge on any atom is -0.382 e. The molecule has 2 amide bonds. The maximum atomic E-state index is 12.7. The topological polar surface area (TPSA) is 132 Å². The first-order valence-electron chi connectivity index (χ1n) is 9.53. The van der Waals surface area contributed by atoms with Gasteiger partial charge in [-0.05, 0) is 25.0 Å². The fourth-order valence-corrected chi connectivity index (χ4v) is 3.52. The zero-order chi connectivity index (χ0) is 20.2. The van der Waals surface area contributed by atoms with E-state index < -0.39 is 0 Å². The van der Waals surface area contributed by atoms with Gasteiger partial charge in [0.25, 0.3) is 0 Å². The number of imidazole rings is 1. The molecular formula is C19H22N8O2. The molecule has 4 heterocycles. The van der Waals surface area contributed by atoms with Gasteiger partial charge < -0.3 is 20.5 Å². The first-order chi connectivity index (χ1) is 14.1. The third-order valence-corrected chi connectivity index (χ3v) is 5.06. The number of pyridine rings is 1. The number of aryl methyl sites for hydroxylation is 1. The van der Waals surface area contributed by atoms with E-state index in [0.29, 0.717) is 48.9 Å². The van der Waals surface area contributed by atoms with Gasteiger partial charge in [-0.2, -0.15) is 0 Å². The van der Waals surface area contributed by atoms with Gasteiger partial charge in [0, 0.05) is 32.3 Å². The molecular weight excluding hydrogens is 372 g/mol. The quantitative estimate of drug-likeness (QED) is 0.661. The van der Waals surface area contributed by atoms with Crippen LogP contribution in [0.15, 0.2) is 37.1 Å². The van der Waals surface area contributed by atoms with E-state index in [-0.39, 0.29) is 17.7 Å². The highest BCUT2D eigenvalue weighted by Crippen LogP contribution is 2.20. The maximum Gasteiger partial charge on any atom is 0.230 e. The van der Waals surface area contributed by atoms with Gasteiger partial charge in [0.2, 0.25) is 11.8 Å². The number of nitrogens with one attached hydrogen (secondary N) is 1. The Balaban J connectivity index is 1.35. The highest BCUT2D eigenvalue weighted by Gasteiger charge is 2.28. The Morgan fingerprint density at radius 3 is 2.93 bits per heavy atom. The number of piperidine rings is 1. The van der Waals surface area contributed by atoms with Crippen LogP contribution in [-0.2, 0) is 16.1 Å². The van der Waals surface area contributed by atoms with Gasteiger partial charge in [-0.1, -0.05) is 6.07 Å². The molecule has 0 radical (unpaired) electrons. The number of aromatic nitrogens is 5. The number of carbonyl (C=O) groups excluding carboxylic acids is 2. The normalized spacial score (nSPS) is 16.7. The van der Waals surface area contributed by atoms with Crippen LogP contribution in [0.1, 0.15) is 19.3 Å². The molecule has 1 saturated heterocycles. The fraction of sp³-hybridized carbons (Fsp3) is 0.368. The van der Waals surface area contributed by atoms with Crippen LogP contribution in [-0.4, -0.2) is 54.3 Å². The molecule has 4 rings (SSSR count). The number of anilines is 2. The molecule has 3 aromatic rings. The number of hydrogen-bond acceptors (Lipinski definition) is 7. The number of fused-ring (bicyclic) bond motifs is 1. The Bertz CT molecular complexity index is 1020. The van der Waals surface area contributed by atoms with Crippen molar-refractivity contribution in [1.82, 2.24) is 29.4 Å². The Hall–Kier alpha value is -3.56. The molecule has 0 aromatic carbocycles. The van der Waals surface area contributed by atoms with Gasteiger partial charge in [0.15, 0.2) is 11.5 Å². The summed E-state index contributed by atoms with van der Waals surface area (Å²) in [5.74, 6) is 0.501. The summed E-state index contributed by atoms with van der Waals surface area (Å²) >= 11 is 0. The summed E-state index contributed by atoms with van der Waals surface area (Å²) in [7, 11) is 0. The molecule has 150 valence electrons. The van der Waals surface area contributed by atoms with Gasteiger partial charge >= 0.3 is 0 Å². The van der Waals surface area contributed by atoms with Crippen molar-refractivity contribution in [3.8, 4) is 0 Å². The van der Waals surface area contributed by atoms with E-state index in [4.69, 9.17) is 5.73 Å². The van der Waals surface area contributed by atoms with E-state index in [0.717, 1.165) is 12.8 Å². The minimum absolute atomic E-state index is 0.00390. The molecule has 3 aromatic heterocycles. The van der Waals surface area contributed by atoms with Crippen molar-refractivity contribution in [3.63, 3.8) is 0 Å². The maximum absolute atomic E-state index is 12.7. The molecule has 1 unspecified atom stereocenters. The van der Waals surface area contributed by atoms with Crippen LogP contribution in [0.4, 0.5) is 11.6 Å². The van der Waals surface area contributed by atoms with E-state index in [9.17, 15) is 9.59 Å². The number of rotatable bonds is 5. The highest BCUT2D eigenvalue weighted by atomic mass is 16.2. The van der Waals surface area contributed by atoms with Crippen molar-refractivity contribution < 1.29 is 9.59 Å². The second-order valence-corrected chi connectivity index (χ2v) is 7.00. The first-order valence-corrected chi connectivity index (χ1v) is 9.53. The third kappa shape index (κ3) is 4.15. The largest absolute Gasteiger partial charge is 0.382 e. The summed E-state index contributed by atoms with van der Waals surface area (Å²) in [6.07, 6.45) is 6.47. The van der Waals surface area contributed by atoms with Crippen LogP contribution >= 0.6 is 0 Å². The van der Waals surface area contributed by atoms with Crippen LogP contribution in [0.3, 0.4) is 0 Å². The molecule has 0 bridgehead atoms. The lowest BCUT2D eigenvalue weighted by atomic mass is 9.97. The van der Waals surface area contributed by atoms with E-state index in [1.54, 1.807) is 34.1 Å². The number of carbonyl (C=O) groups is 2. The van der Waals surface area contributed by atoms with Gasteiger partial charge in [-0.15, -0.1) is 0 Å². The summed E-state index contributed by atoms with van der Waals surface area (Å²) in [6, 6.07) is 5.35. The minimum atomic E-state index is -0.240. The summed E-state index contributed by atoms with van der Waals surface area (Å²) in [4.78, 5) is 43.4. The van der Waals surface area contributed by atoms with Crippen molar-refractivity contribution in [2.45, 2.75) is 25.8 Å². The molecule has 1 aliphatic rings. The van der Waals surface area contributed by atoms with Crippen molar-refractivity contribution in [3.05, 3.63) is 37.1 Å². The van der Waals surface area contributed by atoms with E-state index in [1.807, 2.05) is 6.07 Å². The van der Waals surface area contributed by atoms with Crippen LogP contribution < -0.4 is 11.1 Å². The van der Waals surface area contributed by atoms with E-state index >= 15 is 0 Å². The zero-order valence-corrected chi connectivity index (χ0v) is 15.9. The monoisotopic (exact) mass is 394 g/mol. The second kappa shape index (κ2) is 8.21. The molecule has 10 nitrogen and oxygen atoms in total. The number of nitrogens with zero attached hydrogens (tertiary/aromatic N) is 6. The lowest BCUT2D eigenvalue weighted by molar-refractivity contribution is -0.134. The van der Waals surface area contributed by atoms with Crippen molar-refractivity contribution in [1.29, 1.82) is 0 Å². The number of hydrogen-bond donors (Lipinski definition) is 2. The number of nitrogens with two attached hydrogens (primary N) is 1. The number of likely N-dealkylation sites (tertiary alicyclic amines) is 1.